The lowest BCUT2D eigenvalue weighted by atomic mass is 10.00. The molecule has 2 aromatic rings. The molecular formula is C20H27N3O2. The number of benzene rings is 1. The van der Waals surface area contributed by atoms with Gasteiger partial charge in [-0.3, -0.25) is 0 Å². The summed E-state index contributed by atoms with van der Waals surface area (Å²) >= 11 is 0. The molecule has 2 heterocycles. The van der Waals surface area contributed by atoms with E-state index in [9.17, 15) is 4.79 Å². The normalized spacial score (nSPS) is 17.1. The van der Waals surface area contributed by atoms with Crippen LogP contribution in [-0.4, -0.2) is 34.2 Å². The van der Waals surface area contributed by atoms with E-state index in [-0.39, 0.29) is 17.6 Å². The largest absolute Gasteiger partial charge is 0.494 e. The van der Waals surface area contributed by atoms with Crippen LogP contribution in [0.4, 0.5) is 4.79 Å². The summed E-state index contributed by atoms with van der Waals surface area (Å²) in [4.78, 5) is 14.8. The Hall–Kier alpha value is -2.43. The van der Waals surface area contributed by atoms with Gasteiger partial charge < -0.3 is 19.5 Å². The average molecular weight is 341 g/mol. The molecule has 1 aliphatic heterocycles. The van der Waals surface area contributed by atoms with E-state index in [1.165, 1.54) is 0 Å². The smallest absolute Gasteiger partial charge is 0.318 e. The van der Waals surface area contributed by atoms with E-state index in [0.717, 1.165) is 23.6 Å². The van der Waals surface area contributed by atoms with Crippen LogP contribution in [0.2, 0.25) is 0 Å². The van der Waals surface area contributed by atoms with Crippen molar-refractivity contribution >= 4 is 6.03 Å². The van der Waals surface area contributed by atoms with Gasteiger partial charge in [-0.2, -0.15) is 0 Å². The number of nitrogens with one attached hydrogen (secondary N) is 1. The number of hydrogen-bond donors (Lipinski definition) is 1. The lowest BCUT2D eigenvalue weighted by Gasteiger charge is -2.39. The van der Waals surface area contributed by atoms with E-state index >= 15 is 0 Å². The van der Waals surface area contributed by atoms with Crippen molar-refractivity contribution < 1.29 is 9.53 Å². The zero-order chi connectivity index (χ0) is 18.0. The first-order chi connectivity index (χ1) is 11.9. The van der Waals surface area contributed by atoms with Gasteiger partial charge in [0.25, 0.3) is 0 Å². The lowest BCUT2D eigenvalue weighted by molar-refractivity contribution is 0.161. The Morgan fingerprint density at radius 2 is 1.92 bits per heavy atom. The number of rotatable bonds is 3. The molecule has 0 bridgehead atoms. The molecule has 0 saturated carbocycles. The molecule has 1 aromatic heterocycles. The van der Waals surface area contributed by atoms with Crippen LogP contribution in [0.1, 0.15) is 45.0 Å². The van der Waals surface area contributed by atoms with Crippen LogP contribution >= 0.6 is 0 Å². The fourth-order valence-electron chi connectivity index (χ4n) is 3.26. The average Bonchev–Trinajstić information content (AvgIpc) is 3.02. The predicted molar refractivity (Wildman–Crippen MR) is 98.9 cm³/mol. The molecule has 0 fully saturated rings. The second-order valence-electron chi connectivity index (χ2n) is 7.40. The first kappa shape index (κ1) is 17.4. The van der Waals surface area contributed by atoms with E-state index in [1.807, 2.05) is 50.8 Å². The fourth-order valence-corrected chi connectivity index (χ4v) is 3.26. The SMILES string of the molecule is CCOc1ccc([C@H]2c3cccn3CCN2C(=O)NC(C)(C)C)cc1. The molecule has 0 unspecified atom stereocenters. The molecule has 3 rings (SSSR count). The molecule has 25 heavy (non-hydrogen) atoms. The molecule has 1 N–H and O–H groups in total. The number of nitrogens with zero attached hydrogens (tertiary/aromatic N) is 2. The van der Waals surface area contributed by atoms with Crippen LogP contribution in [0, 0.1) is 0 Å². The van der Waals surface area contributed by atoms with Crippen molar-refractivity contribution in [1.82, 2.24) is 14.8 Å². The molecule has 5 heteroatoms. The van der Waals surface area contributed by atoms with Crippen molar-refractivity contribution in [2.45, 2.75) is 45.8 Å². The molecule has 0 saturated heterocycles. The van der Waals surface area contributed by atoms with Gasteiger partial charge in [0.15, 0.2) is 0 Å². The van der Waals surface area contributed by atoms with Crippen molar-refractivity contribution in [1.29, 1.82) is 0 Å². The van der Waals surface area contributed by atoms with E-state index in [1.54, 1.807) is 0 Å². The fraction of sp³-hybridized carbons (Fsp3) is 0.450. The summed E-state index contributed by atoms with van der Waals surface area (Å²) in [6.45, 7) is 10.1. The Labute approximate surface area is 149 Å². The van der Waals surface area contributed by atoms with Crippen molar-refractivity contribution in [3.05, 3.63) is 53.9 Å². The van der Waals surface area contributed by atoms with E-state index in [4.69, 9.17) is 4.74 Å². The summed E-state index contributed by atoms with van der Waals surface area (Å²) in [5.74, 6) is 0.850. The molecule has 1 atom stereocenters. The quantitative estimate of drug-likeness (QED) is 0.923. The van der Waals surface area contributed by atoms with E-state index < -0.39 is 0 Å². The first-order valence-corrected chi connectivity index (χ1v) is 8.85. The topological polar surface area (TPSA) is 46.5 Å². The minimum Gasteiger partial charge on any atom is -0.494 e. The highest BCUT2D eigenvalue weighted by molar-refractivity contribution is 5.76. The van der Waals surface area contributed by atoms with Gasteiger partial charge in [0.1, 0.15) is 5.75 Å². The Balaban J connectivity index is 1.94. The highest BCUT2D eigenvalue weighted by atomic mass is 16.5. The summed E-state index contributed by atoms with van der Waals surface area (Å²) < 4.78 is 7.77. The molecule has 134 valence electrons. The number of fused-ring (bicyclic) bond motifs is 1. The van der Waals surface area contributed by atoms with Gasteiger partial charge >= 0.3 is 6.03 Å². The van der Waals surface area contributed by atoms with E-state index in [0.29, 0.717) is 13.2 Å². The molecule has 0 radical (unpaired) electrons. The van der Waals surface area contributed by atoms with Crippen LogP contribution in [-0.2, 0) is 6.54 Å². The zero-order valence-electron chi connectivity index (χ0n) is 15.5. The molecule has 2 amide bonds. The highest BCUT2D eigenvalue weighted by Crippen LogP contribution is 2.33. The maximum absolute atomic E-state index is 12.9. The van der Waals surface area contributed by atoms with Gasteiger partial charge in [-0.15, -0.1) is 0 Å². The highest BCUT2D eigenvalue weighted by Gasteiger charge is 2.33. The Bertz CT molecular complexity index is 728. The number of aromatic nitrogens is 1. The van der Waals surface area contributed by atoms with Crippen molar-refractivity contribution in [2.24, 2.45) is 0 Å². The van der Waals surface area contributed by atoms with Gasteiger partial charge in [0, 0.05) is 30.5 Å². The van der Waals surface area contributed by atoms with E-state index in [2.05, 4.69) is 34.3 Å². The summed E-state index contributed by atoms with van der Waals surface area (Å²) in [5.41, 5.74) is 1.96. The number of amides is 2. The van der Waals surface area contributed by atoms with Crippen LogP contribution in [0.3, 0.4) is 0 Å². The van der Waals surface area contributed by atoms with Gasteiger partial charge in [-0.05, 0) is 57.5 Å². The molecule has 0 spiro atoms. The third kappa shape index (κ3) is 3.81. The maximum atomic E-state index is 12.9. The standard InChI is InChI=1S/C20H27N3O2/c1-5-25-16-10-8-15(9-11-16)18-17-7-6-12-22(17)13-14-23(18)19(24)21-20(2,3)4/h6-12,18H,5,13-14H2,1-4H3,(H,21,24)/t18-/m0/s1. The predicted octanol–water partition coefficient (Wildman–Crippen LogP) is 3.80. The van der Waals surface area contributed by atoms with Gasteiger partial charge in [0.2, 0.25) is 0 Å². The Kier molecular flexibility index (Phi) is 4.75. The minimum absolute atomic E-state index is 0.0289. The zero-order valence-corrected chi connectivity index (χ0v) is 15.5. The van der Waals surface area contributed by atoms with Crippen molar-refractivity contribution in [2.75, 3.05) is 13.2 Å². The van der Waals surface area contributed by atoms with Crippen LogP contribution < -0.4 is 10.1 Å². The number of hydrogen-bond acceptors (Lipinski definition) is 2. The third-order valence-corrected chi connectivity index (χ3v) is 4.29. The molecule has 1 aliphatic rings. The monoisotopic (exact) mass is 341 g/mol. The first-order valence-electron chi connectivity index (χ1n) is 8.85. The van der Waals surface area contributed by atoms with Crippen molar-refractivity contribution in [3.63, 3.8) is 0 Å². The van der Waals surface area contributed by atoms with Gasteiger partial charge in [0.05, 0.1) is 12.6 Å². The van der Waals surface area contributed by atoms with Crippen LogP contribution in [0.15, 0.2) is 42.6 Å². The summed E-state index contributed by atoms with van der Waals surface area (Å²) in [5, 5.41) is 3.10. The third-order valence-electron chi connectivity index (χ3n) is 4.29. The lowest BCUT2D eigenvalue weighted by Crippen LogP contribution is -2.52. The van der Waals surface area contributed by atoms with Crippen molar-refractivity contribution in [3.8, 4) is 5.75 Å². The van der Waals surface area contributed by atoms with Gasteiger partial charge in [-0.1, -0.05) is 12.1 Å². The summed E-state index contributed by atoms with van der Waals surface area (Å²) in [6.07, 6.45) is 2.08. The molecule has 1 aromatic carbocycles. The van der Waals surface area contributed by atoms with Crippen LogP contribution in [0.5, 0.6) is 5.75 Å². The Morgan fingerprint density at radius 3 is 2.56 bits per heavy atom. The minimum atomic E-state index is -0.264. The summed E-state index contributed by atoms with van der Waals surface area (Å²) in [6, 6.07) is 12.1. The second kappa shape index (κ2) is 6.82. The number of urea groups is 1. The summed E-state index contributed by atoms with van der Waals surface area (Å²) in [7, 11) is 0. The van der Waals surface area contributed by atoms with Crippen LogP contribution in [0.25, 0.3) is 0 Å². The second-order valence-corrected chi connectivity index (χ2v) is 7.40. The molecular weight excluding hydrogens is 314 g/mol. The Morgan fingerprint density at radius 1 is 1.20 bits per heavy atom. The number of carbonyl (C=O) groups excluding carboxylic acids is 1. The number of carbonyl (C=O) groups is 1. The molecule has 0 aliphatic carbocycles. The molecule has 5 nitrogen and oxygen atoms in total. The number of ether oxygens (including phenoxy) is 1. The maximum Gasteiger partial charge on any atom is 0.318 e. The van der Waals surface area contributed by atoms with Gasteiger partial charge in [-0.25, -0.2) is 4.79 Å².